The van der Waals surface area contributed by atoms with Crippen LogP contribution in [0.15, 0.2) is 54.2 Å². The van der Waals surface area contributed by atoms with Crippen LogP contribution in [0.25, 0.3) is 21.8 Å². The molecule has 2 heterocycles. The average Bonchev–Trinajstić information content (AvgIpc) is 3.01. The van der Waals surface area contributed by atoms with Crippen molar-refractivity contribution in [1.29, 1.82) is 0 Å². The normalized spacial score (nSPS) is 14.7. The highest BCUT2D eigenvalue weighted by Crippen LogP contribution is 2.35. The van der Waals surface area contributed by atoms with E-state index in [1.807, 2.05) is 36.4 Å². The number of carbonyl (C=O) groups is 2. The molecule has 0 aliphatic carbocycles. The van der Waals surface area contributed by atoms with Gasteiger partial charge in [0.2, 0.25) is 0 Å². The molecule has 1 aliphatic rings. The Kier molecular flexibility index (Phi) is 3.92. The summed E-state index contributed by atoms with van der Waals surface area (Å²) >= 11 is 0. The summed E-state index contributed by atoms with van der Waals surface area (Å²) in [6, 6.07) is 11.7. The van der Waals surface area contributed by atoms with Crippen LogP contribution in [0.5, 0.6) is 0 Å². The molecule has 5 nitrogen and oxygen atoms in total. The zero-order valence-corrected chi connectivity index (χ0v) is 14.5. The lowest BCUT2D eigenvalue weighted by atomic mass is 10.0. The summed E-state index contributed by atoms with van der Waals surface area (Å²) in [5.41, 5.74) is 4.50. The number of aryl methyl sites for hydroxylation is 1. The molecule has 0 unspecified atom stereocenters. The molecule has 0 saturated heterocycles. The molecule has 0 fully saturated rings. The van der Waals surface area contributed by atoms with E-state index in [0.717, 1.165) is 39.6 Å². The Morgan fingerprint density at radius 2 is 2.12 bits per heavy atom. The van der Waals surface area contributed by atoms with Gasteiger partial charge in [-0.25, -0.2) is 4.79 Å². The van der Waals surface area contributed by atoms with Gasteiger partial charge in [-0.1, -0.05) is 36.9 Å². The van der Waals surface area contributed by atoms with E-state index in [9.17, 15) is 9.59 Å². The Labute approximate surface area is 150 Å². The van der Waals surface area contributed by atoms with Crippen molar-refractivity contribution < 1.29 is 14.4 Å². The minimum absolute atomic E-state index is 0.0902. The molecule has 0 N–H and O–H groups in total. The number of para-hydroxylation sites is 1. The third-order valence-corrected chi connectivity index (χ3v) is 4.78. The molecular weight excluding hydrogens is 328 g/mol. The topological polar surface area (TPSA) is 60.7 Å². The molecular formula is C21H18N2O3. The number of carbonyl (C=O) groups excluding carboxylic acids is 2. The van der Waals surface area contributed by atoms with E-state index >= 15 is 0 Å². The summed E-state index contributed by atoms with van der Waals surface area (Å²) in [4.78, 5) is 28.4. The molecule has 2 aromatic carbocycles. The fourth-order valence-electron chi connectivity index (χ4n) is 3.51. The van der Waals surface area contributed by atoms with Crippen molar-refractivity contribution in [3.63, 3.8) is 0 Å². The van der Waals surface area contributed by atoms with Gasteiger partial charge in [0.15, 0.2) is 5.78 Å². The summed E-state index contributed by atoms with van der Waals surface area (Å²) in [7, 11) is 0. The second kappa shape index (κ2) is 6.26. The molecule has 1 aliphatic heterocycles. The van der Waals surface area contributed by atoms with Gasteiger partial charge < -0.3 is 9.40 Å². The van der Waals surface area contributed by atoms with Gasteiger partial charge in [-0.15, -0.1) is 0 Å². The number of hydrogen-bond acceptors (Lipinski definition) is 4. The van der Waals surface area contributed by atoms with Crippen LogP contribution < -0.4 is 0 Å². The van der Waals surface area contributed by atoms with Crippen molar-refractivity contribution in [3.05, 3.63) is 60.2 Å². The van der Waals surface area contributed by atoms with E-state index in [0.29, 0.717) is 18.4 Å². The Bertz CT molecular complexity index is 1110. The van der Waals surface area contributed by atoms with E-state index < -0.39 is 0 Å². The first-order valence-corrected chi connectivity index (χ1v) is 8.63. The van der Waals surface area contributed by atoms with E-state index in [2.05, 4.69) is 16.3 Å². The highest BCUT2D eigenvalue weighted by Gasteiger charge is 2.22. The first kappa shape index (κ1) is 16.3. The summed E-state index contributed by atoms with van der Waals surface area (Å²) in [6.45, 7) is 6.05. The molecule has 0 atom stereocenters. The van der Waals surface area contributed by atoms with Crippen molar-refractivity contribution in [1.82, 2.24) is 4.57 Å². The fourth-order valence-corrected chi connectivity index (χ4v) is 3.51. The van der Waals surface area contributed by atoms with Crippen molar-refractivity contribution in [2.75, 3.05) is 0 Å². The van der Waals surface area contributed by atoms with Crippen LogP contribution in [-0.4, -0.2) is 22.0 Å². The Hall–Kier alpha value is -3.21. The second-order valence-electron chi connectivity index (χ2n) is 6.26. The van der Waals surface area contributed by atoms with Crippen LogP contribution in [0.1, 0.15) is 35.7 Å². The van der Waals surface area contributed by atoms with Gasteiger partial charge in [0.05, 0.1) is 11.2 Å². The molecule has 4 rings (SSSR count). The average molecular weight is 346 g/mol. The summed E-state index contributed by atoms with van der Waals surface area (Å²) in [6.07, 6.45) is 2.30. The smallest absolute Gasteiger partial charge is 0.334 e. The molecule has 3 aromatic rings. The molecule has 130 valence electrons. The zero-order chi connectivity index (χ0) is 18.3. The van der Waals surface area contributed by atoms with Crippen LogP contribution in [0, 0.1) is 0 Å². The van der Waals surface area contributed by atoms with Crippen molar-refractivity contribution >= 4 is 39.3 Å². The molecule has 26 heavy (non-hydrogen) atoms. The third kappa shape index (κ3) is 2.44. The lowest BCUT2D eigenvalue weighted by Crippen LogP contribution is -2.16. The molecule has 0 spiro atoms. The lowest BCUT2D eigenvalue weighted by molar-refractivity contribution is -0.143. The van der Waals surface area contributed by atoms with E-state index in [4.69, 9.17) is 4.84 Å². The Morgan fingerprint density at radius 3 is 2.88 bits per heavy atom. The number of nitrogens with zero attached hydrogens (tertiary/aromatic N) is 2. The van der Waals surface area contributed by atoms with Gasteiger partial charge in [0.25, 0.3) is 0 Å². The van der Waals surface area contributed by atoms with Crippen LogP contribution >= 0.6 is 0 Å². The molecule has 0 saturated carbocycles. The number of allylic oxidation sites excluding steroid dienone is 1. The van der Waals surface area contributed by atoms with E-state index in [1.54, 1.807) is 6.92 Å². The highest BCUT2D eigenvalue weighted by atomic mass is 16.7. The van der Waals surface area contributed by atoms with Gasteiger partial charge in [-0.05, 0) is 24.3 Å². The summed E-state index contributed by atoms with van der Waals surface area (Å²) in [5.74, 6) is -0.434. The van der Waals surface area contributed by atoms with Gasteiger partial charge in [0.1, 0.15) is 0 Å². The Balaban J connectivity index is 1.93. The van der Waals surface area contributed by atoms with Crippen LogP contribution in [-0.2, 0) is 16.2 Å². The lowest BCUT2D eigenvalue weighted by Gasteiger charge is -2.17. The largest absolute Gasteiger partial charge is 0.340 e. The van der Waals surface area contributed by atoms with Gasteiger partial charge in [-0.3, -0.25) is 4.79 Å². The fraction of sp³-hybridized carbons (Fsp3) is 0.190. The maximum absolute atomic E-state index is 12.0. The van der Waals surface area contributed by atoms with Gasteiger partial charge in [0, 0.05) is 46.8 Å². The monoisotopic (exact) mass is 346 g/mol. The number of benzene rings is 2. The predicted molar refractivity (Wildman–Crippen MR) is 102 cm³/mol. The SMILES string of the molecule is C=CC(=O)c1ccc2c(c1)c1cccc3c1n2CC/C3=N\OC(=O)CC. The van der Waals surface area contributed by atoms with Crippen LogP contribution in [0.4, 0.5) is 0 Å². The minimum atomic E-state index is -0.344. The van der Waals surface area contributed by atoms with Crippen molar-refractivity contribution in [3.8, 4) is 0 Å². The standard InChI is InChI=1S/C21H18N2O3/c1-3-19(24)13-8-9-18-16(12-13)14-6-5-7-15-17(22-26-20(25)4-2)10-11-23(18)21(14)15/h3,5-9,12H,1,4,10-11H2,2H3/b22-17+. The predicted octanol–water partition coefficient (Wildman–Crippen LogP) is 4.22. The number of aromatic nitrogens is 1. The van der Waals surface area contributed by atoms with Crippen LogP contribution in [0.2, 0.25) is 0 Å². The third-order valence-electron chi connectivity index (χ3n) is 4.78. The minimum Gasteiger partial charge on any atom is -0.340 e. The molecule has 5 heteroatoms. The Morgan fingerprint density at radius 1 is 1.27 bits per heavy atom. The van der Waals surface area contributed by atoms with Crippen LogP contribution in [0.3, 0.4) is 0 Å². The summed E-state index contributed by atoms with van der Waals surface area (Å²) in [5, 5.41) is 6.18. The van der Waals surface area contributed by atoms with E-state index in [1.165, 1.54) is 6.08 Å². The highest BCUT2D eigenvalue weighted by molar-refractivity contribution is 6.19. The molecule has 0 radical (unpaired) electrons. The first-order chi connectivity index (χ1) is 12.6. The van der Waals surface area contributed by atoms with Crippen molar-refractivity contribution in [2.45, 2.75) is 26.3 Å². The van der Waals surface area contributed by atoms with Gasteiger partial charge in [-0.2, -0.15) is 0 Å². The number of ketones is 1. The maximum atomic E-state index is 12.0. The number of rotatable bonds is 4. The van der Waals surface area contributed by atoms with Crippen molar-refractivity contribution in [2.24, 2.45) is 5.16 Å². The maximum Gasteiger partial charge on any atom is 0.334 e. The molecule has 0 amide bonds. The number of fused-ring (bicyclic) bond motifs is 3. The molecule has 0 bridgehead atoms. The van der Waals surface area contributed by atoms with E-state index in [-0.39, 0.29) is 11.8 Å². The summed E-state index contributed by atoms with van der Waals surface area (Å²) < 4.78 is 2.24. The quantitative estimate of drug-likeness (QED) is 0.307. The van der Waals surface area contributed by atoms with Gasteiger partial charge >= 0.3 is 5.97 Å². The number of hydrogen-bond donors (Lipinski definition) is 0. The molecule has 1 aromatic heterocycles. The second-order valence-corrected chi connectivity index (χ2v) is 6.26. The zero-order valence-electron chi connectivity index (χ0n) is 14.5. The first-order valence-electron chi connectivity index (χ1n) is 8.63. The number of oxime groups is 1.